The van der Waals surface area contributed by atoms with Crippen molar-refractivity contribution in [3.8, 4) is 0 Å². The van der Waals surface area contributed by atoms with Crippen LogP contribution >= 0.6 is 25.3 Å². The number of aliphatic hydroxyl groups excluding tert-OH is 2. The Morgan fingerprint density at radius 3 is 1.55 bits per heavy atom. The Balaban J connectivity index is 1.41. The summed E-state index contributed by atoms with van der Waals surface area (Å²) in [6, 6.07) is 17.8. The van der Waals surface area contributed by atoms with E-state index in [2.05, 4.69) is 77.8 Å². The van der Waals surface area contributed by atoms with Gasteiger partial charge in [0.05, 0.1) is 12.2 Å². The first kappa shape index (κ1) is 69.2. The molecule has 86 heavy (non-hydrogen) atoms. The minimum atomic E-state index is -1.75. The van der Waals surface area contributed by atoms with Gasteiger partial charge in [0.1, 0.15) is 24.2 Å². The molecule has 0 saturated carbocycles. The van der Waals surface area contributed by atoms with Gasteiger partial charge in [-0.05, 0) is 56.8 Å². The smallest absolute Gasteiger partial charge is 0.328 e. The standard InChI is InChI=1S/C58H74AtN13O12S2/c1-31(73)47(56(82)70-46(30-86)55(81)72-48(32(2)74)57(83)84)71-50(76)41(19-11-12-22-60)65-53(79)44(26-37-28-63-40-18-10-9-17-38(37)40)68-51(77)43(24-34-15-7-4-8-16-34)67-54(80)45(29-85)69-52(78)42(23-33-13-5-3-6-14-33)66-49(75)35-20-21-36(39(59)25-35)27-64-58(61)62/h3-10,13-18,20-21,25,28,31-32,41-48,63,73-74,85-86H,11-12,19,22-24,26-27,29-30,60H2,1-2H3,(H,65,79)(H,66,75)(H,67,80)(H,68,77)(H,69,78)(H,70,82)(H,71,76)(H,72,81)(H,83,84)(H4,61,62,64)/t31-,32-,41+,42-,43+,44-,45+,46+,47+,48+/m1/s1. The van der Waals surface area contributed by atoms with Crippen LogP contribution in [-0.4, -0.2) is 158 Å². The molecule has 0 saturated heterocycles. The number of hydrogen-bond donors (Lipinski definition) is 17. The minimum absolute atomic E-state index is 0.0242. The number of thiol groups is 2. The summed E-state index contributed by atoms with van der Waals surface area (Å²) >= 11 is 9.81. The fourth-order valence-electron chi connectivity index (χ4n) is 8.88. The Hall–Kier alpha value is -7.62. The number of carboxylic acid groups (broad SMARTS) is 1. The van der Waals surface area contributed by atoms with Gasteiger partial charge in [0.15, 0.2) is 6.04 Å². The average Bonchev–Trinajstić information content (AvgIpc) is 4.01. The molecule has 18 N–H and O–H groups in total. The molecule has 1 heterocycles. The Morgan fingerprint density at radius 2 is 1.02 bits per heavy atom. The number of aliphatic hydroxyl groups is 2. The number of nitrogens with one attached hydrogen (secondary N) is 9. The monoisotopic (exact) mass is 1420 g/mol. The predicted molar refractivity (Wildman–Crippen MR) is 324 cm³/mol. The zero-order valence-electron chi connectivity index (χ0n) is 47.2. The van der Waals surface area contributed by atoms with Crippen LogP contribution in [0.5, 0.6) is 0 Å². The van der Waals surface area contributed by atoms with Crippen LogP contribution in [0.3, 0.4) is 0 Å². The normalized spacial score (nSPS) is 14.6. The molecule has 5 rings (SSSR count). The zero-order chi connectivity index (χ0) is 63.0. The third kappa shape index (κ3) is 21.1. The van der Waals surface area contributed by atoms with Crippen LogP contribution in [0.25, 0.3) is 10.9 Å². The van der Waals surface area contributed by atoms with Crippen molar-refractivity contribution < 1.29 is 83.2 Å². The molecule has 0 radical (unpaired) electrons. The van der Waals surface area contributed by atoms with Gasteiger partial charge in [-0.1, -0.05) is 48.5 Å². The van der Waals surface area contributed by atoms with E-state index in [-0.39, 0.29) is 68.2 Å². The first-order valence-electron chi connectivity index (χ1n) is 27.4. The van der Waals surface area contributed by atoms with Crippen molar-refractivity contribution in [3.05, 3.63) is 137 Å². The van der Waals surface area contributed by atoms with Gasteiger partial charge in [0.25, 0.3) is 0 Å². The van der Waals surface area contributed by atoms with Gasteiger partial charge in [0, 0.05) is 35.7 Å². The number of fused-ring (bicyclic) bond motifs is 1. The summed E-state index contributed by atoms with van der Waals surface area (Å²) in [5, 5.41) is 51.5. The summed E-state index contributed by atoms with van der Waals surface area (Å²) < 4.78 is 0.773. The molecule has 1 aromatic heterocycles. The fourth-order valence-corrected chi connectivity index (χ4v) is 10.3. The zero-order valence-corrected chi connectivity index (χ0v) is 51.9. The number of nitrogens with two attached hydrogens (primary N) is 3. The second kappa shape index (κ2) is 34.5. The van der Waals surface area contributed by atoms with E-state index in [4.69, 9.17) is 17.2 Å². The molecule has 0 aliphatic carbocycles. The van der Waals surface area contributed by atoms with Gasteiger partial charge >= 0.3 is 219 Å². The number of aliphatic imine (C=N–C) groups is 1. The third-order valence-electron chi connectivity index (χ3n) is 13.6. The number of hydrogen-bond acceptors (Lipinski definition) is 15. The Bertz CT molecular complexity index is 3170. The Labute approximate surface area is 523 Å². The molecule has 0 fully saturated rings. The molecule has 4 aromatic carbocycles. The maximum absolute atomic E-state index is 14.9. The molecule has 0 aliphatic rings. The predicted octanol–water partition coefficient (Wildman–Crippen LogP) is -1.83. The van der Waals surface area contributed by atoms with E-state index in [0.717, 1.165) is 15.8 Å². The number of nitrogens with zero attached hydrogens (tertiary/aromatic N) is 1. The largest absolute Gasteiger partial charge is 0.480 e. The van der Waals surface area contributed by atoms with Crippen LogP contribution in [0.1, 0.15) is 65.7 Å². The van der Waals surface area contributed by atoms with Crippen LogP contribution in [0.15, 0.2) is 114 Å². The van der Waals surface area contributed by atoms with Gasteiger partial charge in [0.2, 0.25) is 29.5 Å². The maximum atomic E-state index is 14.9. The quantitative estimate of drug-likeness (QED) is 0.00951. The molecule has 5 aromatic rings. The molecular formula is C58H74AtN13O12S2. The number of carbonyl (C=O) groups excluding carboxylic acids is 8. The minimum Gasteiger partial charge on any atom is -0.480 e. The number of carbonyl (C=O) groups is 9. The van der Waals surface area contributed by atoms with Gasteiger partial charge in [-0.25, -0.2) is 4.79 Å². The summed E-state index contributed by atoms with van der Waals surface area (Å²) in [4.78, 5) is 132. The number of para-hydroxylation sites is 1. The topological polar surface area (TPSA) is 417 Å². The van der Waals surface area contributed by atoms with Crippen LogP contribution in [-0.2, 0) is 64.2 Å². The van der Waals surface area contributed by atoms with Crippen molar-refractivity contribution in [3.63, 3.8) is 0 Å². The molecule has 0 spiro atoms. The SMILES string of the molecule is C[C@@H](O)[C@H](NC(=O)[C@H](CS)NC(=O)[C@@H](NC(=O)[C@H](CCCCN)NC(=O)[C@@H](Cc1c[nH]c2ccccc12)NC(=O)[C@H](Cc1ccccc1)NC(=O)[C@H](CS)NC(=O)[C@@H](Cc1ccccc1)NC(=O)c1ccc(CN=C(N)N)c([At])c1)[C@@H](C)O)C(=O)O. The second-order valence-corrected chi connectivity index (χ2v) is 22.6. The van der Waals surface area contributed by atoms with Crippen LogP contribution in [0.4, 0.5) is 0 Å². The van der Waals surface area contributed by atoms with Gasteiger partial charge in [-0.15, -0.1) is 0 Å². The molecule has 28 heteroatoms. The van der Waals surface area contributed by atoms with E-state index < -0.39 is 114 Å². The van der Waals surface area contributed by atoms with Crippen LogP contribution < -0.4 is 63.0 Å². The molecule has 462 valence electrons. The van der Waals surface area contributed by atoms with E-state index in [1.807, 2.05) is 6.07 Å². The molecule has 0 aliphatic heterocycles. The Kier molecular flexibility index (Phi) is 27.7. The number of guanidine groups is 1. The maximum Gasteiger partial charge on any atom is 0.328 e. The van der Waals surface area contributed by atoms with Crippen LogP contribution in [0.2, 0.25) is 0 Å². The summed E-state index contributed by atoms with van der Waals surface area (Å²) in [7, 11) is 0. The first-order valence-corrected chi connectivity index (χ1v) is 30.2. The van der Waals surface area contributed by atoms with E-state index in [0.29, 0.717) is 34.0 Å². The number of amides is 8. The van der Waals surface area contributed by atoms with Crippen molar-refractivity contribution in [2.24, 2.45) is 22.2 Å². The van der Waals surface area contributed by atoms with Gasteiger partial charge in [-0.2, -0.15) is 12.6 Å². The second-order valence-electron chi connectivity index (χ2n) is 20.3. The summed E-state index contributed by atoms with van der Waals surface area (Å²) in [6.45, 7) is 2.73. The number of unbranched alkanes of at least 4 members (excludes halogenated alkanes) is 1. The first-order chi connectivity index (χ1) is 41.0. The molecule has 0 bridgehead atoms. The number of aliphatic carboxylic acids is 1. The van der Waals surface area contributed by atoms with E-state index in [1.165, 1.54) is 31.6 Å². The summed E-state index contributed by atoms with van der Waals surface area (Å²) in [5.74, 6) is -9.20. The van der Waals surface area contributed by atoms with Crippen molar-refractivity contribution in [2.75, 3.05) is 18.1 Å². The third-order valence-corrected chi connectivity index (χ3v) is 15.7. The molecule has 8 amide bonds. The van der Waals surface area contributed by atoms with Crippen molar-refractivity contribution in [1.29, 1.82) is 0 Å². The molecule has 0 unspecified atom stereocenters. The van der Waals surface area contributed by atoms with Gasteiger partial charge in [-0.3, -0.25) is 24.0 Å². The van der Waals surface area contributed by atoms with Crippen molar-refractivity contribution >= 4 is 98.6 Å². The molecule has 10 atom stereocenters. The van der Waals surface area contributed by atoms with E-state index >= 15 is 0 Å². The number of benzene rings is 4. The number of carboxylic acids is 1. The van der Waals surface area contributed by atoms with Gasteiger partial charge < -0.3 is 52.6 Å². The summed E-state index contributed by atoms with van der Waals surface area (Å²) in [5.41, 5.74) is 20.5. The van der Waals surface area contributed by atoms with E-state index in [1.54, 1.807) is 103 Å². The van der Waals surface area contributed by atoms with Crippen molar-refractivity contribution in [1.82, 2.24) is 47.5 Å². The van der Waals surface area contributed by atoms with Crippen LogP contribution in [0, 0.1) is 24.7 Å². The number of aromatic nitrogens is 1. The molecule has 25 nitrogen and oxygen atoms in total. The average molecular weight is 1420 g/mol. The van der Waals surface area contributed by atoms with Crippen molar-refractivity contribution in [2.45, 2.75) is 119 Å². The number of aromatic amines is 1. The fraction of sp³-hybridized carbons (Fsp3) is 0.379. The summed E-state index contributed by atoms with van der Waals surface area (Å²) in [6.07, 6.45) is -1.10. The number of rotatable bonds is 33. The van der Waals surface area contributed by atoms with E-state index in [9.17, 15) is 58.5 Å². The Morgan fingerprint density at radius 1 is 0.558 bits per heavy atom. The molecular weight excluding hydrogens is 1340 g/mol. The number of H-pyrrole nitrogens is 1.